The molecule has 238 valence electrons. The molecule has 0 unspecified atom stereocenters. The Hall–Kier alpha value is -1.18. The van der Waals surface area contributed by atoms with Crippen LogP contribution in [-0.4, -0.2) is 56.2 Å². The van der Waals surface area contributed by atoms with Crippen LogP contribution in [0.1, 0.15) is 162 Å². The molecule has 0 saturated carbocycles. The third kappa shape index (κ3) is 31.3. The highest BCUT2D eigenvalue weighted by Gasteiger charge is 2.13. The molecule has 0 spiro atoms. The van der Waals surface area contributed by atoms with E-state index in [-0.39, 0.29) is 31.9 Å². The Morgan fingerprint density at radius 1 is 0.650 bits per heavy atom. The number of unbranched alkanes of at least 4 members (excludes halogenated alkanes) is 20. The minimum atomic E-state index is -0.622. The number of carbonyl (C=O) groups is 2. The van der Waals surface area contributed by atoms with Crippen LogP contribution < -0.4 is 5.32 Å². The fraction of sp³-hybridized carbons (Fsp3) is 0.939. The van der Waals surface area contributed by atoms with Crippen LogP contribution in [-0.2, 0) is 23.8 Å². The van der Waals surface area contributed by atoms with Crippen molar-refractivity contribution in [3.63, 3.8) is 0 Å². The van der Waals surface area contributed by atoms with Crippen LogP contribution in [0.15, 0.2) is 0 Å². The summed E-state index contributed by atoms with van der Waals surface area (Å²) >= 11 is 0. The van der Waals surface area contributed by atoms with Gasteiger partial charge in [-0.25, -0.2) is 0 Å². The van der Waals surface area contributed by atoms with Crippen molar-refractivity contribution in [3.05, 3.63) is 0 Å². The summed E-state index contributed by atoms with van der Waals surface area (Å²) in [6, 6.07) is 0. The molecule has 7 nitrogen and oxygen atoms in total. The Balaban J connectivity index is 3.39. The fourth-order valence-corrected chi connectivity index (χ4v) is 4.78. The molecular weight excluding hydrogens is 506 g/mol. The number of aliphatic hydroxyl groups excluding tert-OH is 1. The SMILES string of the molecule is CCCCCCCCCCCCCCCC(=O)O[C@H](CO)COCOCCCCCCCCCCCNC(C)=O. The van der Waals surface area contributed by atoms with Crippen molar-refractivity contribution in [2.75, 3.05) is 33.2 Å². The lowest BCUT2D eigenvalue weighted by atomic mass is 10.0. The largest absolute Gasteiger partial charge is 0.457 e. The Labute approximate surface area is 246 Å². The zero-order valence-corrected chi connectivity index (χ0v) is 26.4. The van der Waals surface area contributed by atoms with E-state index >= 15 is 0 Å². The number of carbonyl (C=O) groups excluding carboxylic acids is 2. The molecule has 0 radical (unpaired) electrons. The molecule has 1 amide bonds. The van der Waals surface area contributed by atoms with Gasteiger partial charge in [0, 0.05) is 26.5 Å². The van der Waals surface area contributed by atoms with Crippen LogP contribution in [0.4, 0.5) is 0 Å². The van der Waals surface area contributed by atoms with Gasteiger partial charge in [-0.1, -0.05) is 129 Å². The van der Waals surface area contributed by atoms with E-state index in [4.69, 9.17) is 14.2 Å². The number of esters is 1. The number of nitrogens with one attached hydrogen (secondary N) is 1. The van der Waals surface area contributed by atoms with Gasteiger partial charge in [0.15, 0.2) is 0 Å². The van der Waals surface area contributed by atoms with E-state index in [1.165, 1.54) is 109 Å². The zero-order valence-electron chi connectivity index (χ0n) is 26.4. The minimum Gasteiger partial charge on any atom is -0.457 e. The molecule has 0 bridgehead atoms. The van der Waals surface area contributed by atoms with Crippen LogP contribution >= 0.6 is 0 Å². The quantitative estimate of drug-likeness (QED) is 0.0482. The van der Waals surface area contributed by atoms with Gasteiger partial charge in [-0.15, -0.1) is 0 Å². The number of hydrogen-bond acceptors (Lipinski definition) is 6. The van der Waals surface area contributed by atoms with Crippen LogP contribution in [0.25, 0.3) is 0 Å². The Morgan fingerprint density at radius 2 is 1.12 bits per heavy atom. The lowest BCUT2D eigenvalue weighted by Crippen LogP contribution is -2.27. The summed E-state index contributed by atoms with van der Waals surface area (Å²) in [5.74, 6) is -0.197. The maximum absolute atomic E-state index is 12.1. The molecule has 0 aromatic heterocycles. The molecule has 0 saturated heterocycles. The zero-order chi connectivity index (χ0) is 29.4. The normalized spacial score (nSPS) is 12.0. The molecule has 0 aromatic rings. The molecule has 0 aliphatic rings. The van der Waals surface area contributed by atoms with Gasteiger partial charge < -0.3 is 24.6 Å². The van der Waals surface area contributed by atoms with Gasteiger partial charge in [0.05, 0.1) is 13.2 Å². The first-order valence-corrected chi connectivity index (χ1v) is 16.8. The average Bonchev–Trinajstić information content (AvgIpc) is 2.94. The Morgan fingerprint density at radius 3 is 1.62 bits per heavy atom. The van der Waals surface area contributed by atoms with Crippen LogP contribution in [0.5, 0.6) is 0 Å². The van der Waals surface area contributed by atoms with Crippen molar-refractivity contribution in [2.45, 2.75) is 168 Å². The molecule has 0 aromatic carbocycles. The predicted octanol–water partition coefficient (Wildman–Crippen LogP) is 8.01. The summed E-state index contributed by atoms with van der Waals surface area (Å²) in [6.07, 6.45) is 27.0. The van der Waals surface area contributed by atoms with Gasteiger partial charge in [0.1, 0.15) is 12.9 Å². The van der Waals surface area contributed by atoms with E-state index in [9.17, 15) is 14.7 Å². The molecule has 0 aliphatic heterocycles. The third-order valence-electron chi connectivity index (χ3n) is 7.30. The highest BCUT2D eigenvalue weighted by Crippen LogP contribution is 2.13. The summed E-state index contributed by atoms with van der Waals surface area (Å²) < 4.78 is 16.3. The lowest BCUT2D eigenvalue weighted by Gasteiger charge is -2.16. The molecule has 0 aliphatic carbocycles. The fourth-order valence-electron chi connectivity index (χ4n) is 4.78. The smallest absolute Gasteiger partial charge is 0.306 e. The molecule has 7 heteroatoms. The molecular formula is C33H65NO6. The summed E-state index contributed by atoms with van der Waals surface area (Å²) in [5.41, 5.74) is 0. The van der Waals surface area contributed by atoms with Gasteiger partial charge in [-0.05, 0) is 19.3 Å². The first-order chi connectivity index (χ1) is 19.6. The van der Waals surface area contributed by atoms with Crippen molar-refractivity contribution in [2.24, 2.45) is 0 Å². The number of rotatable bonds is 32. The summed E-state index contributed by atoms with van der Waals surface area (Å²) in [6.45, 7) is 5.36. The molecule has 1 atom stereocenters. The van der Waals surface area contributed by atoms with E-state index in [0.29, 0.717) is 13.0 Å². The van der Waals surface area contributed by atoms with Crippen molar-refractivity contribution < 1.29 is 28.9 Å². The molecule has 2 N–H and O–H groups in total. The monoisotopic (exact) mass is 571 g/mol. The minimum absolute atomic E-state index is 0.0565. The summed E-state index contributed by atoms with van der Waals surface area (Å²) in [5, 5.41) is 12.3. The van der Waals surface area contributed by atoms with Crippen LogP contribution in [0.3, 0.4) is 0 Å². The topological polar surface area (TPSA) is 94.1 Å². The van der Waals surface area contributed by atoms with Crippen molar-refractivity contribution in [1.82, 2.24) is 5.32 Å². The van der Waals surface area contributed by atoms with Gasteiger partial charge >= 0.3 is 5.97 Å². The number of aliphatic hydroxyl groups is 1. The van der Waals surface area contributed by atoms with E-state index < -0.39 is 6.10 Å². The van der Waals surface area contributed by atoms with Crippen molar-refractivity contribution in [1.29, 1.82) is 0 Å². The Bertz CT molecular complexity index is 545. The predicted molar refractivity (Wildman–Crippen MR) is 164 cm³/mol. The molecule has 0 rings (SSSR count). The summed E-state index contributed by atoms with van der Waals surface area (Å²) in [7, 11) is 0. The first kappa shape index (κ1) is 38.8. The molecule has 0 fully saturated rings. The van der Waals surface area contributed by atoms with E-state index in [2.05, 4.69) is 12.2 Å². The molecule has 0 heterocycles. The third-order valence-corrected chi connectivity index (χ3v) is 7.30. The lowest BCUT2D eigenvalue weighted by molar-refractivity contribution is -0.159. The second-order valence-electron chi connectivity index (χ2n) is 11.3. The maximum Gasteiger partial charge on any atom is 0.306 e. The second kappa shape index (κ2) is 32.3. The number of amides is 1. The molecule has 40 heavy (non-hydrogen) atoms. The Kier molecular flexibility index (Phi) is 31.4. The van der Waals surface area contributed by atoms with Gasteiger partial charge in [0.2, 0.25) is 5.91 Å². The van der Waals surface area contributed by atoms with E-state index in [1.54, 1.807) is 6.92 Å². The maximum atomic E-state index is 12.1. The van der Waals surface area contributed by atoms with E-state index in [1.807, 2.05) is 0 Å². The highest BCUT2D eigenvalue weighted by molar-refractivity contribution is 5.72. The van der Waals surface area contributed by atoms with E-state index in [0.717, 1.165) is 38.6 Å². The van der Waals surface area contributed by atoms with Gasteiger partial charge in [-0.2, -0.15) is 0 Å². The number of ether oxygens (including phenoxy) is 3. The number of hydrogen-bond donors (Lipinski definition) is 2. The highest BCUT2D eigenvalue weighted by atomic mass is 16.7. The van der Waals surface area contributed by atoms with Gasteiger partial charge in [-0.3, -0.25) is 9.59 Å². The standard InChI is InChI=1S/C33H65NO6/c1-3-4-5-6-7-8-9-10-11-13-16-19-22-25-33(37)40-32(28-35)29-39-30-38-27-24-21-18-15-12-14-17-20-23-26-34-31(2)36/h32,35H,3-30H2,1-2H3,(H,34,36)/t32-/m1/s1. The van der Waals surface area contributed by atoms with Crippen molar-refractivity contribution in [3.8, 4) is 0 Å². The van der Waals surface area contributed by atoms with Crippen molar-refractivity contribution >= 4 is 11.9 Å². The average molecular weight is 572 g/mol. The van der Waals surface area contributed by atoms with Gasteiger partial charge in [0.25, 0.3) is 0 Å². The van der Waals surface area contributed by atoms with Crippen LogP contribution in [0.2, 0.25) is 0 Å². The first-order valence-electron chi connectivity index (χ1n) is 16.8. The second-order valence-corrected chi connectivity index (χ2v) is 11.3. The van der Waals surface area contributed by atoms with Crippen LogP contribution in [0, 0.1) is 0 Å². The summed E-state index contributed by atoms with van der Waals surface area (Å²) in [4.78, 5) is 22.9.